The third-order valence-electron chi connectivity index (χ3n) is 13.4. The first-order valence-electron chi connectivity index (χ1n) is 21.9. The Labute approximate surface area is 378 Å². The van der Waals surface area contributed by atoms with Gasteiger partial charge in [-0.3, -0.25) is 0 Å². The molecular formula is C59H34N4OS. The number of pyridine rings is 1. The van der Waals surface area contributed by atoms with Gasteiger partial charge in [-0.15, -0.1) is 0 Å². The fourth-order valence-electron chi connectivity index (χ4n) is 10.6. The van der Waals surface area contributed by atoms with E-state index in [0.29, 0.717) is 17.5 Å². The van der Waals surface area contributed by atoms with Crippen LogP contribution >= 0.6 is 11.8 Å². The third kappa shape index (κ3) is 5.29. The molecule has 0 saturated carbocycles. The van der Waals surface area contributed by atoms with E-state index in [0.717, 1.165) is 66.2 Å². The lowest BCUT2D eigenvalue weighted by molar-refractivity contribution is 0.669. The molecule has 9 aromatic carbocycles. The van der Waals surface area contributed by atoms with Crippen LogP contribution in [-0.2, 0) is 5.41 Å². The predicted octanol–water partition coefficient (Wildman–Crippen LogP) is 15.0. The number of para-hydroxylation sites is 3. The summed E-state index contributed by atoms with van der Waals surface area (Å²) in [6.07, 6.45) is 0. The van der Waals surface area contributed by atoms with E-state index in [1.807, 2.05) is 72.4 Å². The molecule has 0 radical (unpaired) electrons. The molecule has 0 fully saturated rings. The highest BCUT2D eigenvalue weighted by atomic mass is 32.2. The lowest BCUT2D eigenvalue weighted by Gasteiger charge is -2.39. The smallest absolute Gasteiger partial charge is 0.167 e. The van der Waals surface area contributed by atoms with E-state index in [-0.39, 0.29) is 0 Å². The molecule has 14 rings (SSSR count). The molecule has 3 aromatic heterocycles. The maximum Gasteiger partial charge on any atom is 0.167 e. The largest absolute Gasteiger partial charge is 0.455 e. The summed E-state index contributed by atoms with van der Waals surface area (Å²) in [6, 6.07) is 73.3. The van der Waals surface area contributed by atoms with Crippen LogP contribution in [0.1, 0.15) is 22.3 Å². The number of benzene rings is 9. The number of rotatable bonds is 4. The first-order chi connectivity index (χ1) is 32.2. The van der Waals surface area contributed by atoms with Gasteiger partial charge in [0.25, 0.3) is 0 Å². The molecule has 5 nitrogen and oxygen atoms in total. The van der Waals surface area contributed by atoms with Crippen molar-refractivity contribution >= 4 is 55.4 Å². The van der Waals surface area contributed by atoms with Crippen LogP contribution in [0.4, 0.5) is 0 Å². The van der Waals surface area contributed by atoms with Gasteiger partial charge in [-0.1, -0.05) is 169 Å². The van der Waals surface area contributed by atoms with Crippen molar-refractivity contribution in [3.8, 4) is 56.5 Å². The van der Waals surface area contributed by atoms with E-state index in [1.165, 1.54) is 48.6 Å². The second kappa shape index (κ2) is 13.9. The number of hydrogen-bond acceptors (Lipinski definition) is 6. The molecule has 1 aliphatic heterocycles. The highest BCUT2D eigenvalue weighted by molar-refractivity contribution is 7.99. The van der Waals surface area contributed by atoms with Crippen molar-refractivity contribution in [1.82, 2.24) is 19.9 Å². The molecular weight excluding hydrogens is 813 g/mol. The van der Waals surface area contributed by atoms with Crippen LogP contribution in [0.25, 0.3) is 100 Å². The zero-order valence-corrected chi connectivity index (χ0v) is 35.6. The number of furan rings is 1. The fourth-order valence-corrected chi connectivity index (χ4v) is 11.8. The Balaban J connectivity index is 1.00. The van der Waals surface area contributed by atoms with Crippen molar-refractivity contribution in [3.63, 3.8) is 0 Å². The minimum atomic E-state index is -0.484. The number of hydrogen-bond donors (Lipinski definition) is 0. The number of nitrogens with zero attached hydrogens (tertiary/aromatic N) is 4. The van der Waals surface area contributed by atoms with Crippen molar-refractivity contribution < 1.29 is 4.42 Å². The maximum absolute atomic E-state index is 6.50. The topological polar surface area (TPSA) is 64.7 Å². The second-order valence-electron chi connectivity index (χ2n) is 16.8. The van der Waals surface area contributed by atoms with Gasteiger partial charge in [0.15, 0.2) is 17.5 Å². The Morgan fingerprint density at radius 2 is 0.954 bits per heavy atom. The average molecular weight is 847 g/mol. The zero-order chi connectivity index (χ0) is 42.6. The van der Waals surface area contributed by atoms with Crippen molar-refractivity contribution in [2.75, 3.05) is 0 Å². The van der Waals surface area contributed by atoms with E-state index in [9.17, 15) is 0 Å². The third-order valence-corrected chi connectivity index (χ3v) is 14.5. The summed E-state index contributed by atoms with van der Waals surface area (Å²) in [7, 11) is 0. The normalized spacial score (nSPS) is 13.3. The van der Waals surface area contributed by atoms with E-state index in [2.05, 4.69) is 146 Å². The van der Waals surface area contributed by atoms with Crippen molar-refractivity contribution in [1.29, 1.82) is 0 Å². The first kappa shape index (κ1) is 36.3. The summed E-state index contributed by atoms with van der Waals surface area (Å²) in [5, 5.41) is 5.46. The van der Waals surface area contributed by atoms with Gasteiger partial charge in [0.1, 0.15) is 11.2 Å². The van der Waals surface area contributed by atoms with Crippen LogP contribution in [0.15, 0.2) is 220 Å². The van der Waals surface area contributed by atoms with Gasteiger partial charge in [0.2, 0.25) is 0 Å². The van der Waals surface area contributed by atoms with Crippen LogP contribution in [0.5, 0.6) is 0 Å². The molecule has 2 aliphatic rings. The Kier molecular flexibility index (Phi) is 7.77. The van der Waals surface area contributed by atoms with E-state index in [1.54, 1.807) is 0 Å². The minimum absolute atomic E-state index is 0.484. The van der Waals surface area contributed by atoms with E-state index in [4.69, 9.17) is 24.4 Å². The van der Waals surface area contributed by atoms with Crippen LogP contribution in [0, 0.1) is 0 Å². The Hall–Kier alpha value is -8.19. The van der Waals surface area contributed by atoms with Crippen molar-refractivity contribution in [3.05, 3.63) is 229 Å². The van der Waals surface area contributed by atoms with E-state index >= 15 is 0 Å². The standard InChI is InChI=1S/C59H34N4OS/c1-2-16-35(17-3-1)56-61-57(63-58(62-56)42-24-15-23-41-40-22-6-11-29-51(40)64-55(41)42)37-19-14-18-36(32-37)54-45-33-44-38-20-4-7-25-46(38)59(49(44)34-43(45)39-21-5-10-28-50(39)60-54)47-26-8-12-30-52(47)65-53-31-13-9-27-48(53)59/h1-34H. The quantitative estimate of drug-likeness (QED) is 0.164. The predicted molar refractivity (Wildman–Crippen MR) is 263 cm³/mol. The molecule has 65 heavy (non-hydrogen) atoms. The van der Waals surface area contributed by atoms with Gasteiger partial charge in [-0.05, 0) is 87.3 Å². The zero-order valence-electron chi connectivity index (χ0n) is 34.7. The summed E-state index contributed by atoms with van der Waals surface area (Å²) < 4.78 is 6.50. The first-order valence-corrected chi connectivity index (χ1v) is 22.7. The van der Waals surface area contributed by atoms with Gasteiger partial charge in [0.05, 0.1) is 22.2 Å². The molecule has 0 saturated heterocycles. The molecule has 1 spiro atoms. The summed E-state index contributed by atoms with van der Waals surface area (Å²) in [6.45, 7) is 0. The van der Waals surface area contributed by atoms with Crippen LogP contribution in [0.2, 0.25) is 0 Å². The summed E-state index contributed by atoms with van der Waals surface area (Å²) in [5.74, 6) is 1.70. The highest BCUT2D eigenvalue weighted by Gasteiger charge is 2.50. The van der Waals surface area contributed by atoms with E-state index < -0.39 is 5.41 Å². The van der Waals surface area contributed by atoms with Crippen molar-refractivity contribution in [2.24, 2.45) is 0 Å². The molecule has 0 amide bonds. The van der Waals surface area contributed by atoms with Crippen LogP contribution < -0.4 is 0 Å². The Morgan fingerprint density at radius 1 is 0.354 bits per heavy atom. The fraction of sp³-hybridized carbons (Fsp3) is 0.0169. The highest BCUT2D eigenvalue weighted by Crippen LogP contribution is 2.63. The Morgan fingerprint density at radius 3 is 1.78 bits per heavy atom. The molecule has 6 heteroatoms. The number of fused-ring (bicyclic) bond motifs is 15. The van der Waals surface area contributed by atoms with Crippen molar-refractivity contribution in [2.45, 2.75) is 15.2 Å². The minimum Gasteiger partial charge on any atom is -0.455 e. The molecule has 0 N–H and O–H groups in total. The SMILES string of the molecule is c1ccc(-c2nc(-c3cccc(-c4nc5ccccc5c5cc6c(cc45)-c4ccccc4C64c5ccccc5Sc5ccccc54)c3)nc(-c3cccc4c3oc3ccccc34)n2)cc1. The summed E-state index contributed by atoms with van der Waals surface area (Å²) >= 11 is 1.87. The summed E-state index contributed by atoms with van der Waals surface area (Å²) in [4.78, 5) is 23.5. The molecule has 1 aliphatic carbocycles. The maximum atomic E-state index is 6.50. The van der Waals surface area contributed by atoms with Gasteiger partial charge in [0, 0.05) is 48.0 Å². The van der Waals surface area contributed by atoms with Gasteiger partial charge >= 0.3 is 0 Å². The number of aromatic nitrogens is 4. The molecule has 12 aromatic rings. The van der Waals surface area contributed by atoms with Gasteiger partial charge in [-0.25, -0.2) is 19.9 Å². The van der Waals surface area contributed by atoms with Gasteiger partial charge < -0.3 is 4.42 Å². The molecule has 4 heterocycles. The lowest BCUT2D eigenvalue weighted by Crippen LogP contribution is -2.31. The molecule has 0 unspecified atom stereocenters. The second-order valence-corrected chi connectivity index (χ2v) is 17.9. The van der Waals surface area contributed by atoms with Crippen LogP contribution in [0.3, 0.4) is 0 Å². The molecule has 0 bridgehead atoms. The molecule has 0 atom stereocenters. The van der Waals surface area contributed by atoms with Crippen LogP contribution in [-0.4, -0.2) is 19.9 Å². The van der Waals surface area contributed by atoms with Gasteiger partial charge in [-0.2, -0.15) is 0 Å². The summed E-state index contributed by atoms with van der Waals surface area (Å²) in [5.41, 5.74) is 14.2. The monoisotopic (exact) mass is 846 g/mol. The molecule has 302 valence electrons. The average Bonchev–Trinajstić information content (AvgIpc) is 3.89. The Bertz CT molecular complexity index is 3910. The lowest BCUT2D eigenvalue weighted by atomic mass is 9.67.